The molecule has 3 rings (SSSR count). The smallest absolute Gasteiger partial charge is 0.224 e. The number of carbonyl (C=O) groups is 1. The minimum Gasteiger partial charge on any atom is -0.352 e. The number of rotatable bonds is 5. The van der Waals surface area contributed by atoms with Crippen molar-refractivity contribution < 1.29 is 4.79 Å². The van der Waals surface area contributed by atoms with Crippen LogP contribution in [0, 0.1) is 13.8 Å². The van der Waals surface area contributed by atoms with Gasteiger partial charge in [-0.3, -0.25) is 9.89 Å². The lowest BCUT2D eigenvalue weighted by molar-refractivity contribution is -0.120. The number of carbonyl (C=O) groups excluding carboxylic acids is 1. The zero-order valence-corrected chi connectivity index (χ0v) is 13.3. The number of nitrogens with one attached hydrogen (secondary N) is 2. The lowest BCUT2D eigenvalue weighted by Gasteiger charge is -2.25. The molecule has 0 saturated heterocycles. The van der Waals surface area contributed by atoms with Gasteiger partial charge >= 0.3 is 0 Å². The Morgan fingerprint density at radius 3 is 2.55 bits per heavy atom. The summed E-state index contributed by atoms with van der Waals surface area (Å²) in [4.78, 5) is 12.1. The Hall–Kier alpha value is -2.10. The first-order valence-electron chi connectivity index (χ1n) is 7.99. The van der Waals surface area contributed by atoms with Crippen LogP contribution in [-0.4, -0.2) is 16.1 Å². The SMILES string of the molecule is Cc1n[nH]c(C)c1CC(=O)NCc1ccc(C2CCC2)cc1. The maximum Gasteiger partial charge on any atom is 0.224 e. The normalized spacial score (nSPS) is 14.6. The quantitative estimate of drug-likeness (QED) is 0.890. The van der Waals surface area contributed by atoms with E-state index in [4.69, 9.17) is 0 Å². The second-order valence-electron chi connectivity index (χ2n) is 6.24. The summed E-state index contributed by atoms with van der Waals surface area (Å²) in [5.41, 5.74) is 5.45. The maximum atomic E-state index is 12.1. The van der Waals surface area contributed by atoms with Crippen LogP contribution >= 0.6 is 0 Å². The van der Waals surface area contributed by atoms with E-state index < -0.39 is 0 Å². The molecule has 4 nitrogen and oxygen atoms in total. The molecule has 0 unspecified atom stereocenters. The van der Waals surface area contributed by atoms with Gasteiger partial charge in [0.2, 0.25) is 5.91 Å². The molecule has 1 fully saturated rings. The Morgan fingerprint density at radius 2 is 2.00 bits per heavy atom. The fraction of sp³-hybridized carbons (Fsp3) is 0.444. The number of hydrogen-bond acceptors (Lipinski definition) is 2. The van der Waals surface area contributed by atoms with Crippen molar-refractivity contribution in [2.45, 2.75) is 52.0 Å². The molecule has 0 atom stereocenters. The minimum absolute atomic E-state index is 0.0377. The van der Waals surface area contributed by atoms with Gasteiger partial charge in [0, 0.05) is 17.8 Å². The summed E-state index contributed by atoms with van der Waals surface area (Å²) in [5, 5.41) is 10.0. The van der Waals surface area contributed by atoms with Gasteiger partial charge in [0.15, 0.2) is 0 Å². The van der Waals surface area contributed by atoms with Crippen molar-refractivity contribution in [1.82, 2.24) is 15.5 Å². The first-order valence-corrected chi connectivity index (χ1v) is 7.99. The fourth-order valence-electron chi connectivity index (χ4n) is 2.91. The molecule has 2 N–H and O–H groups in total. The molecule has 22 heavy (non-hydrogen) atoms. The zero-order valence-electron chi connectivity index (χ0n) is 13.3. The van der Waals surface area contributed by atoms with Crippen molar-refractivity contribution in [3.8, 4) is 0 Å². The van der Waals surface area contributed by atoms with E-state index in [9.17, 15) is 4.79 Å². The van der Waals surface area contributed by atoms with E-state index in [0.717, 1.165) is 28.4 Å². The lowest BCUT2D eigenvalue weighted by Crippen LogP contribution is -2.25. The Balaban J connectivity index is 1.52. The second-order valence-corrected chi connectivity index (χ2v) is 6.24. The second kappa shape index (κ2) is 6.34. The largest absolute Gasteiger partial charge is 0.352 e. The van der Waals surface area contributed by atoms with E-state index >= 15 is 0 Å². The topological polar surface area (TPSA) is 57.8 Å². The molecule has 1 aromatic heterocycles. The first kappa shape index (κ1) is 14.8. The fourth-order valence-corrected chi connectivity index (χ4v) is 2.91. The van der Waals surface area contributed by atoms with Crippen molar-refractivity contribution >= 4 is 5.91 Å². The molecule has 0 aliphatic heterocycles. The van der Waals surface area contributed by atoms with Crippen LogP contribution in [-0.2, 0) is 17.8 Å². The molecule has 0 radical (unpaired) electrons. The van der Waals surface area contributed by atoms with Crippen LogP contribution in [0.15, 0.2) is 24.3 Å². The van der Waals surface area contributed by atoms with E-state index in [1.165, 1.54) is 24.8 Å². The van der Waals surface area contributed by atoms with Crippen molar-refractivity contribution in [3.05, 3.63) is 52.3 Å². The number of nitrogens with zero attached hydrogens (tertiary/aromatic N) is 1. The van der Waals surface area contributed by atoms with Crippen LogP contribution in [0.4, 0.5) is 0 Å². The third-order valence-electron chi connectivity index (χ3n) is 4.66. The van der Waals surface area contributed by atoms with Crippen LogP contribution in [0.1, 0.15) is 53.3 Å². The van der Waals surface area contributed by atoms with Crippen LogP contribution < -0.4 is 5.32 Å². The molecule has 1 aromatic carbocycles. The predicted octanol–water partition coefficient (Wildman–Crippen LogP) is 3.15. The summed E-state index contributed by atoms with van der Waals surface area (Å²) in [5.74, 6) is 0.798. The summed E-state index contributed by atoms with van der Waals surface area (Å²) in [7, 11) is 0. The highest BCUT2D eigenvalue weighted by atomic mass is 16.1. The monoisotopic (exact) mass is 297 g/mol. The Bertz CT molecular complexity index is 634. The highest BCUT2D eigenvalue weighted by molar-refractivity contribution is 5.79. The lowest BCUT2D eigenvalue weighted by atomic mass is 9.80. The van der Waals surface area contributed by atoms with Gasteiger partial charge in [-0.15, -0.1) is 0 Å². The van der Waals surface area contributed by atoms with Crippen LogP contribution in [0.5, 0.6) is 0 Å². The summed E-state index contributed by atoms with van der Waals surface area (Å²) in [6.45, 7) is 4.45. The average molecular weight is 297 g/mol. The van der Waals surface area contributed by atoms with E-state index in [-0.39, 0.29) is 5.91 Å². The van der Waals surface area contributed by atoms with Crippen molar-refractivity contribution in [2.24, 2.45) is 0 Å². The average Bonchev–Trinajstić information content (AvgIpc) is 2.77. The number of amides is 1. The van der Waals surface area contributed by atoms with E-state index in [1.807, 2.05) is 13.8 Å². The number of benzene rings is 1. The van der Waals surface area contributed by atoms with Crippen molar-refractivity contribution in [2.75, 3.05) is 0 Å². The third kappa shape index (κ3) is 3.21. The molecule has 1 heterocycles. The van der Waals surface area contributed by atoms with Gasteiger partial charge in [-0.2, -0.15) is 5.10 Å². The van der Waals surface area contributed by atoms with Gasteiger partial charge in [0.25, 0.3) is 0 Å². The van der Waals surface area contributed by atoms with Gasteiger partial charge in [0.1, 0.15) is 0 Å². The minimum atomic E-state index is 0.0377. The molecule has 1 amide bonds. The van der Waals surface area contributed by atoms with Gasteiger partial charge in [0.05, 0.1) is 12.1 Å². The Labute approximate surface area is 131 Å². The highest BCUT2D eigenvalue weighted by Crippen LogP contribution is 2.36. The van der Waals surface area contributed by atoms with Gasteiger partial charge < -0.3 is 5.32 Å². The summed E-state index contributed by atoms with van der Waals surface area (Å²) in [6, 6.07) is 8.66. The van der Waals surface area contributed by atoms with Crippen molar-refractivity contribution in [3.63, 3.8) is 0 Å². The molecule has 116 valence electrons. The maximum absolute atomic E-state index is 12.1. The molecule has 0 bridgehead atoms. The number of aromatic nitrogens is 2. The van der Waals surface area contributed by atoms with Gasteiger partial charge in [-0.25, -0.2) is 0 Å². The van der Waals surface area contributed by atoms with E-state index in [2.05, 4.69) is 39.8 Å². The molecular weight excluding hydrogens is 274 g/mol. The molecular formula is C18H23N3O. The number of hydrogen-bond donors (Lipinski definition) is 2. The molecule has 0 spiro atoms. The zero-order chi connectivity index (χ0) is 15.5. The highest BCUT2D eigenvalue weighted by Gasteiger charge is 2.19. The standard InChI is InChI=1S/C18H23N3O/c1-12-17(13(2)21-20-12)10-18(22)19-11-14-6-8-16(9-7-14)15-4-3-5-15/h6-9,15H,3-5,10-11H2,1-2H3,(H,19,22)(H,20,21). The summed E-state index contributed by atoms with van der Waals surface area (Å²) < 4.78 is 0. The van der Waals surface area contributed by atoms with E-state index in [1.54, 1.807) is 0 Å². The van der Waals surface area contributed by atoms with Crippen molar-refractivity contribution in [1.29, 1.82) is 0 Å². The van der Waals surface area contributed by atoms with Crippen LogP contribution in [0.25, 0.3) is 0 Å². The first-order chi connectivity index (χ1) is 10.6. The molecule has 1 aliphatic rings. The van der Waals surface area contributed by atoms with Gasteiger partial charge in [-0.05, 0) is 43.7 Å². The molecule has 2 aromatic rings. The number of aryl methyl sites for hydroxylation is 2. The Kier molecular flexibility index (Phi) is 4.27. The number of aromatic amines is 1. The van der Waals surface area contributed by atoms with Crippen LogP contribution in [0.3, 0.4) is 0 Å². The Morgan fingerprint density at radius 1 is 1.27 bits per heavy atom. The third-order valence-corrected chi connectivity index (χ3v) is 4.66. The molecule has 1 saturated carbocycles. The van der Waals surface area contributed by atoms with E-state index in [0.29, 0.717) is 13.0 Å². The number of H-pyrrole nitrogens is 1. The molecule has 4 heteroatoms. The summed E-state index contributed by atoms with van der Waals surface area (Å²) in [6.07, 6.45) is 4.38. The molecule has 1 aliphatic carbocycles. The summed E-state index contributed by atoms with van der Waals surface area (Å²) >= 11 is 0. The predicted molar refractivity (Wildman–Crippen MR) is 86.6 cm³/mol. The van der Waals surface area contributed by atoms with Gasteiger partial charge in [-0.1, -0.05) is 30.7 Å². The van der Waals surface area contributed by atoms with Crippen LogP contribution in [0.2, 0.25) is 0 Å².